The van der Waals surface area contributed by atoms with Crippen LogP contribution in [0.3, 0.4) is 0 Å². The molecular formula is C36H38N2O6S. The third-order valence-corrected chi connectivity index (χ3v) is 8.11. The van der Waals surface area contributed by atoms with Crippen LogP contribution in [0.5, 0.6) is 5.75 Å². The number of methoxy groups -OCH3 is 1. The predicted octanol–water partition coefficient (Wildman–Crippen LogP) is 8.32. The first-order chi connectivity index (χ1) is 21.4. The van der Waals surface area contributed by atoms with Crippen molar-refractivity contribution in [3.05, 3.63) is 89.1 Å². The van der Waals surface area contributed by atoms with Crippen LogP contribution in [0.4, 0.5) is 0 Å². The van der Waals surface area contributed by atoms with Gasteiger partial charge in [-0.2, -0.15) is 0 Å². The molecule has 8 nitrogen and oxygen atoms in total. The SMILES string of the molecule is CCOC(=O)C=CC=Cc1cn(Cc2ccc3oc(-c4nc(C(C)(C)C)cs4)cc3c2)c2ccc(OC(C)(C)C(=O)OC)cc12. The van der Waals surface area contributed by atoms with Crippen molar-refractivity contribution >= 4 is 51.2 Å². The number of hydrogen-bond donors (Lipinski definition) is 0. The molecule has 3 heterocycles. The van der Waals surface area contributed by atoms with Crippen molar-refractivity contribution in [2.75, 3.05) is 13.7 Å². The summed E-state index contributed by atoms with van der Waals surface area (Å²) in [6, 6.07) is 14.0. The van der Waals surface area contributed by atoms with Gasteiger partial charge in [0, 0.05) is 51.5 Å². The fourth-order valence-electron chi connectivity index (χ4n) is 4.92. The van der Waals surface area contributed by atoms with E-state index in [1.165, 1.54) is 13.2 Å². The van der Waals surface area contributed by atoms with Crippen molar-refractivity contribution in [2.45, 2.75) is 59.1 Å². The predicted molar refractivity (Wildman–Crippen MR) is 179 cm³/mol. The van der Waals surface area contributed by atoms with Crippen LogP contribution in [0.2, 0.25) is 0 Å². The Bertz CT molecular complexity index is 1910. The van der Waals surface area contributed by atoms with Gasteiger partial charge in [-0.15, -0.1) is 11.3 Å². The van der Waals surface area contributed by atoms with E-state index < -0.39 is 17.5 Å². The number of carbonyl (C=O) groups is 2. The van der Waals surface area contributed by atoms with E-state index in [1.54, 1.807) is 44.3 Å². The summed E-state index contributed by atoms with van der Waals surface area (Å²) >= 11 is 1.59. The Hall–Kier alpha value is -4.63. The number of rotatable bonds is 10. The van der Waals surface area contributed by atoms with Crippen LogP contribution >= 0.6 is 11.3 Å². The second kappa shape index (κ2) is 12.8. The zero-order chi connectivity index (χ0) is 32.4. The van der Waals surface area contributed by atoms with Gasteiger partial charge in [-0.1, -0.05) is 45.1 Å². The summed E-state index contributed by atoms with van der Waals surface area (Å²) in [7, 11) is 1.34. The first-order valence-corrected chi connectivity index (χ1v) is 15.7. The molecule has 0 spiro atoms. The Morgan fingerprint density at radius 3 is 2.56 bits per heavy atom. The lowest BCUT2D eigenvalue weighted by molar-refractivity contribution is -0.156. The van der Waals surface area contributed by atoms with Crippen molar-refractivity contribution in [1.82, 2.24) is 9.55 Å². The maximum Gasteiger partial charge on any atom is 0.349 e. The molecule has 0 atom stereocenters. The summed E-state index contributed by atoms with van der Waals surface area (Å²) < 4.78 is 24.3. The Kier molecular flexibility index (Phi) is 9.02. The summed E-state index contributed by atoms with van der Waals surface area (Å²) in [5, 5.41) is 4.91. The van der Waals surface area contributed by atoms with Gasteiger partial charge in [0.25, 0.3) is 0 Å². The molecule has 0 unspecified atom stereocenters. The maximum absolute atomic E-state index is 12.3. The molecule has 0 aliphatic rings. The fraction of sp³-hybridized carbons (Fsp3) is 0.306. The number of ether oxygens (including phenoxy) is 3. The normalized spacial score (nSPS) is 12.5. The zero-order valence-corrected chi connectivity index (χ0v) is 27.5. The van der Waals surface area contributed by atoms with Crippen molar-refractivity contribution in [3.63, 3.8) is 0 Å². The van der Waals surface area contributed by atoms with Crippen LogP contribution < -0.4 is 4.74 Å². The number of aromatic nitrogens is 2. The largest absolute Gasteiger partial charge is 0.476 e. The van der Waals surface area contributed by atoms with Gasteiger partial charge in [0.2, 0.25) is 0 Å². The molecule has 3 aromatic heterocycles. The molecular weight excluding hydrogens is 588 g/mol. The van der Waals surface area contributed by atoms with E-state index in [-0.39, 0.29) is 5.41 Å². The third kappa shape index (κ3) is 7.20. The Morgan fingerprint density at radius 2 is 1.84 bits per heavy atom. The van der Waals surface area contributed by atoms with Gasteiger partial charge in [-0.3, -0.25) is 0 Å². The number of hydrogen-bond acceptors (Lipinski definition) is 8. The van der Waals surface area contributed by atoms with Crippen molar-refractivity contribution in [3.8, 4) is 16.5 Å². The summed E-state index contributed by atoms with van der Waals surface area (Å²) in [4.78, 5) is 28.8. The van der Waals surface area contributed by atoms with Crippen molar-refractivity contribution in [2.24, 2.45) is 0 Å². The summed E-state index contributed by atoms with van der Waals surface area (Å²) in [5.74, 6) is 0.440. The van der Waals surface area contributed by atoms with Crippen LogP contribution in [-0.4, -0.2) is 40.8 Å². The molecule has 9 heteroatoms. The van der Waals surface area contributed by atoms with E-state index in [1.807, 2.05) is 30.3 Å². The molecule has 0 fully saturated rings. The molecule has 0 bridgehead atoms. The number of furan rings is 1. The first-order valence-electron chi connectivity index (χ1n) is 14.8. The molecule has 5 aromatic rings. The van der Waals surface area contributed by atoms with Crippen molar-refractivity contribution in [1.29, 1.82) is 0 Å². The highest BCUT2D eigenvalue weighted by atomic mass is 32.1. The van der Waals surface area contributed by atoms with E-state index in [4.69, 9.17) is 23.6 Å². The van der Waals surface area contributed by atoms with E-state index >= 15 is 0 Å². The fourth-order valence-corrected chi connectivity index (χ4v) is 5.92. The van der Waals surface area contributed by atoms with Gasteiger partial charge >= 0.3 is 11.9 Å². The summed E-state index contributed by atoms with van der Waals surface area (Å²) in [6.45, 7) is 12.5. The quantitative estimate of drug-likeness (QED) is 0.0874. The van der Waals surface area contributed by atoms with Gasteiger partial charge in [-0.25, -0.2) is 14.6 Å². The Morgan fingerprint density at radius 1 is 1.04 bits per heavy atom. The standard InChI is InChI=1S/C36H38N2O6S/c1-8-42-32(39)12-10-9-11-24-21-38(28-15-14-26(19-27(24)28)44-36(5,6)34(40)41-7)20-23-13-16-29-25(17-23)18-30(43-29)33-37-31(22-45-33)35(2,3)4/h9-19,21-22H,8,20H2,1-7H3. The molecule has 234 valence electrons. The van der Waals surface area contributed by atoms with E-state index in [2.05, 4.69) is 55.1 Å². The van der Waals surface area contributed by atoms with E-state index in [0.717, 1.165) is 49.5 Å². The van der Waals surface area contributed by atoms with Crippen LogP contribution in [0.1, 0.15) is 58.4 Å². The van der Waals surface area contributed by atoms with Crippen LogP contribution in [0, 0.1) is 0 Å². The Labute approximate surface area is 266 Å². The van der Waals surface area contributed by atoms with Crippen LogP contribution in [0.15, 0.2) is 76.7 Å². The smallest absolute Gasteiger partial charge is 0.349 e. The summed E-state index contributed by atoms with van der Waals surface area (Å²) in [5.41, 5.74) is 3.68. The van der Waals surface area contributed by atoms with Gasteiger partial charge in [0.1, 0.15) is 11.3 Å². The molecule has 0 saturated carbocycles. The number of thiazole rings is 1. The molecule has 0 aliphatic heterocycles. The second-order valence-electron chi connectivity index (χ2n) is 12.2. The molecule has 0 radical (unpaired) electrons. The minimum absolute atomic E-state index is 0.0247. The molecule has 5 rings (SSSR count). The minimum atomic E-state index is -1.16. The highest BCUT2D eigenvalue weighted by molar-refractivity contribution is 7.13. The average Bonchev–Trinajstić information content (AvgIpc) is 3.72. The third-order valence-electron chi connectivity index (χ3n) is 7.26. The number of nitrogens with zero attached hydrogens (tertiary/aromatic N) is 2. The van der Waals surface area contributed by atoms with Gasteiger partial charge < -0.3 is 23.2 Å². The van der Waals surface area contributed by atoms with Crippen molar-refractivity contribution < 1.29 is 28.2 Å². The number of allylic oxidation sites excluding steroid dienone is 2. The highest BCUT2D eigenvalue weighted by Crippen LogP contribution is 2.34. The molecule has 2 aromatic carbocycles. The number of carbonyl (C=O) groups excluding carboxylic acids is 2. The molecule has 0 aliphatic carbocycles. The lowest BCUT2D eigenvalue weighted by Crippen LogP contribution is -2.39. The molecule has 0 N–H and O–H groups in total. The van der Waals surface area contributed by atoms with E-state index in [0.29, 0.717) is 18.9 Å². The van der Waals surface area contributed by atoms with Gasteiger partial charge in [0.05, 0.1) is 19.4 Å². The highest BCUT2D eigenvalue weighted by Gasteiger charge is 2.31. The maximum atomic E-state index is 12.3. The summed E-state index contributed by atoms with van der Waals surface area (Å²) in [6.07, 6.45) is 8.82. The second-order valence-corrected chi connectivity index (χ2v) is 13.1. The first kappa shape index (κ1) is 31.8. The average molecular weight is 627 g/mol. The molecule has 45 heavy (non-hydrogen) atoms. The number of esters is 2. The number of fused-ring (bicyclic) bond motifs is 2. The molecule has 0 saturated heterocycles. The van der Waals surface area contributed by atoms with Gasteiger partial charge in [-0.05, 0) is 62.7 Å². The van der Waals surface area contributed by atoms with E-state index in [9.17, 15) is 9.59 Å². The lowest BCUT2D eigenvalue weighted by atomic mass is 9.93. The zero-order valence-electron chi connectivity index (χ0n) is 26.7. The number of benzene rings is 2. The monoisotopic (exact) mass is 626 g/mol. The molecule has 0 amide bonds. The van der Waals surface area contributed by atoms with Crippen LogP contribution in [0.25, 0.3) is 38.7 Å². The Balaban J connectivity index is 1.47. The topological polar surface area (TPSA) is 92.8 Å². The van der Waals surface area contributed by atoms with Crippen LogP contribution in [-0.2, 0) is 31.0 Å². The van der Waals surface area contributed by atoms with Gasteiger partial charge in [0.15, 0.2) is 16.4 Å². The minimum Gasteiger partial charge on any atom is -0.476 e. The lowest BCUT2D eigenvalue weighted by Gasteiger charge is -2.23.